The fourth-order valence-corrected chi connectivity index (χ4v) is 4.14. The van der Waals surface area contributed by atoms with E-state index in [9.17, 15) is 4.79 Å². The first-order valence-corrected chi connectivity index (χ1v) is 13.1. The Bertz CT molecular complexity index is 1310. The highest BCUT2D eigenvalue weighted by Crippen LogP contribution is 2.28. The minimum atomic E-state index is -1.16. The molecule has 1 amide bonds. The van der Waals surface area contributed by atoms with E-state index in [-0.39, 0.29) is 19.1 Å². The van der Waals surface area contributed by atoms with E-state index in [4.69, 9.17) is 29.0 Å². The molecule has 0 radical (unpaired) electrons. The summed E-state index contributed by atoms with van der Waals surface area (Å²) < 4.78 is 22.3. The standard InChI is InChI=1S/C31H35N3O6/c1-37-27-16-13-25(28(20-27)38-2)21-32-34-30(36)31(17-6-10-23-8-4-3-5-9-23)22-40-29(33-31)24-11-14-26(15-12-24)39-19-7-18-35/h3-6,8-16,20,32,35H,7,17-19,21-22H2,1-2H3,(H,34,36)/b10-6+/t31-/m0/s1. The summed E-state index contributed by atoms with van der Waals surface area (Å²) in [6.45, 7) is 0.938. The average Bonchev–Trinajstić information content (AvgIpc) is 3.44. The summed E-state index contributed by atoms with van der Waals surface area (Å²) in [6.07, 6.45) is 4.81. The molecule has 0 bridgehead atoms. The Morgan fingerprint density at radius 1 is 1.05 bits per heavy atom. The molecule has 1 heterocycles. The van der Waals surface area contributed by atoms with Crippen LogP contribution in [0.15, 0.2) is 83.9 Å². The number of carbonyl (C=O) groups excluding carboxylic acids is 1. The molecular formula is C31H35N3O6. The number of hydrogen-bond acceptors (Lipinski definition) is 8. The number of nitrogens with zero attached hydrogens (tertiary/aromatic N) is 1. The number of hydrogen-bond donors (Lipinski definition) is 3. The smallest absolute Gasteiger partial charge is 0.266 e. The molecule has 0 saturated carbocycles. The maximum atomic E-state index is 13.5. The molecule has 0 aliphatic carbocycles. The minimum absolute atomic E-state index is 0.0775. The van der Waals surface area contributed by atoms with Gasteiger partial charge in [0.25, 0.3) is 5.91 Å². The fourth-order valence-electron chi connectivity index (χ4n) is 4.14. The zero-order valence-electron chi connectivity index (χ0n) is 22.8. The van der Waals surface area contributed by atoms with Crippen molar-refractivity contribution in [3.05, 3.63) is 95.6 Å². The number of benzene rings is 3. The van der Waals surface area contributed by atoms with E-state index in [0.717, 1.165) is 16.7 Å². The van der Waals surface area contributed by atoms with Crippen LogP contribution in [-0.4, -0.2) is 56.5 Å². The first-order valence-electron chi connectivity index (χ1n) is 13.1. The minimum Gasteiger partial charge on any atom is -0.497 e. The number of carbonyl (C=O) groups is 1. The zero-order chi connectivity index (χ0) is 28.2. The molecule has 1 atom stereocenters. The summed E-state index contributed by atoms with van der Waals surface area (Å²) in [6, 6.07) is 22.7. The van der Waals surface area contributed by atoms with Gasteiger partial charge in [-0.1, -0.05) is 48.6 Å². The molecule has 3 N–H and O–H groups in total. The lowest BCUT2D eigenvalue weighted by Crippen LogP contribution is -2.51. The molecule has 4 rings (SSSR count). The van der Waals surface area contributed by atoms with Crippen molar-refractivity contribution in [2.24, 2.45) is 4.99 Å². The topological polar surface area (TPSA) is 111 Å². The number of amides is 1. The van der Waals surface area contributed by atoms with E-state index < -0.39 is 5.54 Å². The lowest BCUT2D eigenvalue weighted by Gasteiger charge is -2.22. The highest BCUT2D eigenvalue weighted by Gasteiger charge is 2.43. The SMILES string of the molecule is COc1ccc(CNNC(=O)[C@]2(C/C=C/c3ccccc3)COC(c3ccc(OCCCO)cc3)=N2)c(OC)c1. The van der Waals surface area contributed by atoms with E-state index >= 15 is 0 Å². The first-order chi connectivity index (χ1) is 19.6. The third-order valence-electron chi connectivity index (χ3n) is 6.40. The summed E-state index contributed by atoms with van der Waals surface area (Å²) in [5, 5.41) is 8.94. The van der Waals surface area contributed by atoms with E-state index in [1.807, 2.05) is 78.9 Å². The number of aliphatic hydroxyl groups is 1. The van der Waals surface area contributed by atoms with Crippen molar-refractivity contribution >= 4 is 17.9 Å². The number of nitrogens with one attached hydrogen (secondary N) is 2. The molecule has 1 aliphatic heterocycles. The van der Waals surface area contributed by atoms with Gasteiger partial charge in [-0.3, -0.25) is 10.2 Å². The molecule has 1 aliphatic rings. The summed E-state index contributed by atoms with van der Waals surface area (Å²) in [4.78, 5) is 18.3. The largest absolute Gasteiger partial charge is 0.497 e. The molecule has 0 saturated heterocycles. The van der Waals surface area contributed by atoms with E-state index in [1.165, 1.54) is 0 Å². The van der Waals surface area contributed by atoms with Crippen LogP contribution in [0.25, 0.3) is 6.08 Å². The fraction of sp³-hybridized carbons (Fsp3) is 0.290. The van der Waals surface area contributed by atoms with Gasteiger partial charge in [0.05, 0.1) is 20.8 Å². The average molecular weight is 546 g/mol. The van der Waals surface area contributed by atoms with Crippen LogP contribution in [0.2, 0.25) is 0 Å². The molecule has 0 fully saturated rings. The Balaban J connectivity index is 1.49. The Hall–Kier alpha value is -4.34. The lowest BCUT2D eigenvalue weighted by atomic mass is 9.95. The van der Waals surface area contributed by atoms with Crippen molar-refractivity contribution in [2.75, 3.05) is 34.0 Å². The number of rotatable bonds is 14. The third kappa shape index (κ3) is 7.40. The molecule has 9 nitrogen and oxygen atoms in total. The van der Waals surface area contributed by atoms with E-state index in [1.54, 1.807) is 20.3 Å². The van der Waals surface area contributed by atoms with Crippen molar-refractivity contribution in [1.82, 2.24) is 10.9 Å². The van der Waals surface area contributed by atoms with Gasteiger partial charge < -0.3 is 24.1 Å². The molecule has 0 spiro atoms. The van der Waals surface area contributed by atoms with Crippen LogP contribution in [0.4, 0.5) is 0 Å². The molecule has 40 heavy (non-hydrogen) atoms. The van der Waals surface area contributed by atoms with Crippen molar-refractivity contribution in [3.63, 3.8) is 0 Å². The predicted octanol–water partition coefficient (Wildman–Crippen LogP) is 3.91. The van der Waals surface area contributed by atoms with Crippen LogP contribution >= 0.6 is 0 Å². The predicted molar refractivity (Wildman–Crippen MR) is 153 cm³/mol. The van der Waals surface area contributed by atoms with Crippen LogP contribution in [0, 0.1) is 0 Å². The Kier molecular flexibility index (Phi) is 10.1. The monoisotopic (exact) mass is 545 g/mol. The molecule has 0 unspecified atom stereocenters. The molecule has 9 heteroatoms. The van der Waals surface area contributed by atoms with Crippen LogP contribution in [-0.2, 0) is 16.1 Å². The molecule has 3 aromatic rings. The number of aliphatic hydroxyl groups excluding tert-OH is 1. The summed E-state index contributed by atoms with van der Waals surface area (Å²) in [5.41, 5.74) is 7.29. The summed E-state index contributed by atoms with van der Waals surface area (Å²) >= 11 is 0. The van der Waals surface area contributed by atoms with Gasteiger partial charge in [0.15, 0.2) is 5.54 Å². The first kappa shape index (κ1) is 28.7. The molecular weight excluding hydrogens is 510 g/mol. The highest BCUT2D eigenvalue weighted by atomic mass is 16.5. The quantitative estimate of drug-likeness (QED) is 0.208. The van der Waals surface area contributed by atoms with Crippen molar-refractivity contribution in [1.29, 1.82) is 0 Å². The van der Waals surface area contributed by atoms with Crippen LogP contribution in [0.5, 0.6) is 17.2 Å². The van der Waals surface area contributed by atoms with Gasteiger partial charge in [-0.05, 0) is 35.9 Å². The van der Waals surface area contributed by atoms with Gasteiger partial charge in [0.1, 0.15) is 23.9 Å². The zero-order valence-corrected chi connectivity index (χ0v) is 22.8. The second-order valence-corrected chi connectivity index (χ2v) is 9.19. The number of aliphatic imine (C=N–C) groups is 1. The number of methoxy groups -OCH3 is 2. The highest BCUT2D eigenvalue weighted by molar-refractivity contribution is 6.00. The Morgan fingerprint density at radius 3 is 2.55 bits per heavy atom. The van der Waals surface area contributed by atoms with E-state index in [2.05, 4.69) is 10.9 Å². The van der Waals surface area contributed by atoms with Crippen molar-refractivity contribution in [2.45, 2.75) is 24.9 Å². The molecule has 3 aromatic carbocycles. The van der Waals surface area contributed by atoms with Gasteiger partial charge >= 0.3 is 0 Å². The summed E-state index contributed by atoms with van der Waals surface area (Å²) in [7, 11) is 3.18. The second-order valence-electron chi connectivity index (χ2n) is 9.19. The van der Waals surface area contributed by atoms with Crippen LogP contribution in [0.1, 0.15) is 29.5 Å². The van der Waals surface area contributed by atoms with Gasteiger partial charge in [0, 0.05) is 43.2 Å². The van der Waals surface area contributed by atoms with Gasteiger partial charge in [-0.25, -0.2) is 10.4 Å². The van der Waals surface area contributed by atoms with Crippen LogP contribution in [0.3, 0.4) is 0 Å². The Morgan fingerprint density at radius 2 is 1.82 bits per heavy atom. The number of hydrazine groups is 1. The maximum Gasteiger partial charge on any atom is 0.266 e. The Labute approximate surface area is 234 Å². The van der Waals surface area contributed by atoms with Crippen molar-refractivity contribution in [3.8, 4) is 17.2 Å². The normalized spacial score (nSPS) is 16.3. The van der Waals surface area contributed by atoms with Gasteiger partial charge in [-0.2, -0.15) is 0 Å². The summed E-state index contributed by atoms with van der Waals surface area (Å²) in [5.74, 6) is 2.10. The van der Waals surface area contributed by atoms with E-state index in [0.29, 0.717) is 49.1 Å². The van der Waals surface area contributed by atoms with Crippen molar-refractivity contribution < 1.29 is 28.8 Å². The van der Waals surface area contributed by atoms with Gasteiger partial charge in [-0.15, -0.1) is 0 Å². The molecule has 210 valence electrons. The maximum absolute atomic E-state index is 13.5. The lowest BCUT2D eigenvalue weighted by molar-refractivity contribution is -0.127. The second kappa shape index (κ2) is 14.2. The number of ether oxygens (including phenoxy) is 4. The van der Waals surface area contributed by atoms with Crippen LogP contribution < -0.4 is 25.1 Å². The third-order valence-corrected chi connectivity index (χ3v) is 6.40. The van der Waals surface area contributed by atoms with Gasteiger partial charge in [0.2, 0.25) is 5.90 Å². The molecule has 0 aromatic heterocycles.